The topological polar surface area (TPSA) is 35.2 Å². The molecule has 2 nitrogen and oxygen atoms in total. The number of benzene rings is 2. The monoisotopic (exact) mass is 295 g/mol. The van der Waals surface area contributed by atoms with E-state index in [1.165, 1.54) is 12.1 Å². The summed E-state index contributed by atoms with van der Waals surface area (Å²) < 4.78 is 19.2. The first-order valence-electron chi connectivity index (χ1n) is 5.11. The van der Waals surface area contributed by atoms with E-state index in [0.717, 1.165) is 5.56 Å². The fourth-order valence-corrected chi connectivity index (χ4v) is 1.88. The van der Waals surface area contributed by atoms with Gasteiger partial charge >= 0.3 is 0 Å². The summed E-state index contributed by atoms with van der Waals surface area (Å²) in [5.41, 5.74) is 6.52. The van der Waals surface area contributed by atoms with Crippen LogP contribution in [0.5, 0.6) is 11.5 Å². The maximum Gasteiger partial charge on any atom is 0.141 e. The number of hydrogen-bond donors (Lipinski definition) is 1. The van der Waals surface area contributed by atoms with Gasteiger partial charge in [0.1, 0.15) is 17.3 Å². The highest BCUT2D eigenvalue weighted by Crippen LogP contribution is 2.31. The SMILES string of the molecule is NCc1ccccc1Oc1ccc(F)cc1Br. The summed E-state index contributed by atoms with van der Waals surface area (Å²) in [5, 5.41) is 0. The number of para-hydroxylation sites is 1. The van der Waals surface area contributed by atoms with Crippen LogP contribution in [-0.2, 0) is 6.54 Å². The van der Waals surface area contributed by atoms with E-state index in [0.29, 0.717) is 22.5 Å². The van der Waals surface area contributed by atoms with Crippen LogP contribution in [0.15, 0.2) is 46.9 Å². The summed E-state index contributed by atoms with van der Waals surface area (Å²) in [4.78, 5) is 0. The Morgan fingerprint density at radius 2 is 1.88 bits per heavy atom. The molecule has 0 heterocycles. The molecule has 0 aromatic heterocycles. The molecule has 4 heteroatoms. The molecule has 0 saturated carbocycles. The molecule has 0 radical (unpaired) electrons. The predicted octanol–water partition coefficient (Wildman–Crippen LogP) is 3.84. The number of hydrogen-bond acceptors (Lipinski definition) is 2. The van der Waals surface area contributed by atoms with Crippen molar-refractivity contribution in [1.29, 1.82) is 0 Å². The summed E-state index contributed by atoms with van der Waals surface area (Å²) >= 11 is 3.25. The zero-order valence-electron chi connectivity index (χ0n) is 8.99. The summed E-state index contributed by atoms with van der Waals surface area (Å²) in [7, 11) is 0. The highest BCUT2D eigenvalue weighted by molar-refractivity contribution is 9.10. The van der Waals surface area contributed by atoms with Crippen molar-refractivity contribution >= 4 is 15.9 Å². The zero-order valence-corrected chi connectivity index (χ0v) is 10.6. The van der Waals surface area contributed by atoms with Crippen molar-refractivity contribution in [1.82, 2.24) is 0 Å². The van der Waals surface area contributed by atoms with E-state index in [4.69, 9.17) is 10.5 Å². The maximum absolute atomic E-state index is 12.9. The summed E-state index contributed by atoms with van der Waals surface area (Å²) in [6.45, 7) is 0.398. The van der Waals surface area contributed by atoms with Gasteiger partial charge in [0.2, 0.25) is 0 Å². The second-order valence-electron chi connectivity index (χ2n) is 3.49. The number of nitrogens with two attached hydrogens (primary N) is 1. The Kier molecular flexibility index (Phi) is 3.76. The molecule has 88 valence electrons. The van der Waals surface area contributed by atoms with Gasteiger partial charge in [-0.2, -0.15) is 0 Å². The maximum atomic E-state index is 12.9. The van der Waals surface area contributed by atoms with Crippen LogP contribution in [0.2, 0.25) is 0 Å². The van der Waals surface area contributed by atoms with Crippen LogP contribution in [0.3, 0.4) is 0 Å². The van der Waals surface area contributed by atoms with E-state index in [-0.39, 0.29) is 5.82 Å². The van der Waals surface area contributed by atoms with Crippen molar-refractivity contribution in [3.63, 3.8) is 0 Å². The third-order valence-electron chi connectivity index (χ3n) is 2.31. The van der Waals surface area contributed by atoms with E-state index >= 15 is 0 Å². The standard InChI is InChI=1S/C13H11BrFNO/c14-11-7-10(15)5-6-13(11)17-12-4-2-1-3-9(12)8-16/h1-7H,8,16H2. The molecule has 17 heavy (non-hydrogen) atoms. The smallest absolute Gasteiger partial charge is 0.141 e. The quantitative estimate of drug-likeness (QED) is 0.934. The Labute approximate surface area is 107 Å². The first kappa shape index (κ1) is 12.1. The molecule has 0 bridgehead atoms. The van der Waals surface area contributed by atoms with Crippen molar-refractivity contribution in [2.45, 2.75) is 6.54 Å². The van der Waals surface area contributed by atoms with Crippen LogP contribution in [0.25, 0.3) is 0 Å². The first-order chi connectivity index (χ1) is 8.20. The summed E-state index contributed by atoms with van der Waals surface area (Å²) in [5.74, 6) is 0.936. The van der Waals surface area contributed by atoms with Gasteiger partial charge in [0, 0.05) is 12.1 Å². The Balaban J connectivity index is 2.31. The lowest BCUT2D eigenvalue weighted by Gasteiger charge is -2.11. The van der Waals surface area contributed by atoms with Crippen LogP contribution < -0.4 is 10.5 Å². The molecular weight excluding hydrogens is 285 g/mol. The lowest BCUT2D eigenvalue weighted by atomic mass is 10.2. The van der Waals surface area contributed by atoms with Gasteiger partial charge in [-0.3, -0.25) is 0 Å². The lowest BCUT2D eigenvalue weighted by Crippen LogP contribution is -1.99. The van der Waals surface area contributed by atoms with E-state index in [9.17, 15) is 4.39 Å². The summed E-state index contributed by atoms with van der Waals surface area (Å²) in [6.07, 6.45) is 0. The van der Waals surface area contributed by atoms with E-state index < -0.39 is 0 Å². The highest BCUT2D eigenvalue weighted by atomic mass is 79.9. The second kappa shape index (κ2) is 5.29. The van der Waals surface area contributed by atoms with Crippen LogP contribution in [-0.4, -0.2) is 0 Å². The zero-order chi connectivity index (χ0) is 12.3. The molecule has 0 unspecified atom stereocenters. The normalized spacial score (nSPS) is 10.3. The van der Waals surface area contributed by atoms with Gasteiger partial charge in [-0.1, -0.05) is 18.2 Å². The Hall–Kier alpha value is -1.39. The Bertz CT molecular complexity index is 531. The molecule has 2 aromatic carbocycles. The molecule has 0 fully saturated rings. The number of ether oxygens (including phenoxy) is 1. The summed E-state index contributed by atoms with van der Waals surface area (Å²) in [6, 6.07) is 11.8. The number of rotatable bonds is 3. The minimum atomic E-state index is -0.309. The third-order valence-corrected chi connectivity index (χ3v) is 2.93. The van der Waals surface area contributed by atoms with Crippen molar-refractivity contribution in [2.24, 2.45) is 5.73 Å². The number of halogens is 2. The van der Waals surface area contributed by atoms with Gasteiger partial charge in [0.25, 0.3) is 0 Å². The molecule has 0 saturated heterocycles. The third kappa shape index (κ3) is 2.84. The van der Waals surface area contributed by atoms with Crippen LogP contribution in [0.4, 0.5) is 4.39 Å². The lowest BCUT2D eigenvalue weighted by molar-refractivity contribution is 0.471. The largest absolute Gasteiger partial charge is 0.456 e. The van der Waals surface area contributed by atoms with Crippen molar-refractivity contribution in [3.8, 4) is 11.5 Å². The van der Waals surface area contributed by atoms with Gasteiger partial charge in [-0.25, -0.2) is 4.39 Å². The second-order valence-corrected chi connectivity index (χ2v) is 4.34. The van der Waals surface area contributed by atoms with Crippen molar-refractivity contribution < 1.29 is 9.13 Å². The van der Waals surface area contributed by atoms with Crippen LogP contribution in [0.1, 0.15) is 5.56 Å². The van der Waals surface area contributed by atoms with Gasteiger partial charge in [-0.15, -0.1) is 0 Å². The first-order valence-corrected chi connectivity index (χ1v) is 5.91. The Morgan fingerprint density at radius 1 is 1.12 bits per heavy atom. The van der Waals surface area contributed by atoms with Gasteiger partial charge in [0.15, 0.2) is 0 Å². The average Bonchev–Trinajstić information content (AvgIpc) is 2.33. The molecule has 0 aliphatic rings. The molecule has 0 atom stereocenters. The molecule has 2 aromatic rings. The van der Waals surface area contributed by atoms with Crippen LogP contribution >= 0.6 is 15.9 Å². The Morgan fingerprint density at radius 3 is 2.59 bits per heavy atom. The van der Waals surface area contributed by atoms with Crippen molar-refractivity contribution in [2.75, 3.05) is 0 Å². The fourth-order valence-electron chi connectivity index (χ4n) is 1.45. The highest BCUT2D eigenvalue weighted by Gasteiger charge is 2.06. The van der Waals surface area contributed by atoms with Crippen LogP contribution in [0, 0.1) is 5.82 Å². The molecular formula is C13H11BrFNO. The van der Waals surface area contributed by atoms with Gasteiger partial charge in [0.05, 0.1) is 4.47 Å². The minimum Gasteiger partial charge on any atom is -0.456 e. The predicted molar refractivity (Wildman–Crippen MR) is 68.5 cm³/mol. The molecule has 0 aliphatic carbocycles. The molecule has 2 rings (SSSR count). The minimum absolute atomic E-state index is 0.309. The molecule has 0 aliphatic heterocycles. The van der Waals surface area contributed by atoms with E-state index in [1.807, 2.05) is 24.3 Å². The van der Waals surface area contributed by atoms with Crippen molar-refractivity contribution in [3.05, 3.63) is 58.3 Å². The van der Waals surface area contributed by atoms with E-state index in [1.54, 1.807) is 6.07 Å². The molecule has 0 amide bonds. The molecule has 2 N–H and O–H groups in total. The average molecular weight is 296 g/mol. The van der Waals surface area contributed by atoms with Gasteiger partial charge < -0.3 is 10.5 Å². The van der Waals surface area contributed by atoms with Gasteiger partial charge in [-0.05, 0) is 40.2 Å². The molecule has 0 spiro atoms. The fraction of sp³-hybridized carbons (Fsp3) is 0.0769. The van der Waals surface area contributed by atoms with E-state index in [2.05, 4.69) is 15.9 Å².